The van der Waals surface area contributed by atoms with E-state index in [1.807, 2.05) is 6.92 Å². The van der Waals surface area contributed by atoms with Crippen molar-refractivity contribution in [1.82, 2.24) is 15.1 Å². The minimum absolute atomic E-state index is 0.0307. The lowest BCUT2D eigenvalue weighted by Crippen LogP contribution is -2.34. The number of nitrogens with one attached hydrogen (secondary N) is 1. The normalized spacial score (nSPS) is 15.0. The maximum atomic E-state index is 11.9. The summed E-state index contributed by atoms with van der Waals surface area (Å²) < 4.78 is 6.20. The number of carbonyl (C=O) groups excluding carboxylic acids is 2. The van der Waals surface area contributed by atoms with Crippen LogP contribution in [0.25, 0.3) is 0 Å². The highest BCUT2D eigenvalue weighted by molar-refractivity contribution is 5.89. The molecular formula is C17H25N3O4. The number of aromatic nitrogens is 2. The van der Waals surface area contributed by atoms with Crippen LogP contribution in [0.1, 0.15) is 55.9 Å². The predicted molar refractivity (Wildman–Crippen MR) is 88.7 cm³/mol. The van der Waals surface area contributed by atoms with Crippen LogP contribution in [0.4, 0.5) is 0 Å². The Balaban J connectivity index is 1.78. The summed E-state index contributed by atoms with van der Waals surface area (Å²) in [6.45, 7) is 2.65. The van der Waals surface area contributed by atoms with Gasteiger partial charge in [0.15, 0.2) is 12.3 Å². The van der Waals surface area contributed by atoms with E-state index in [-0.39, 0.29) is 23.8 Å². The largest absolute Gasteiger partial charge is 0.451 e. The SMILES string of the molecule is CCCn1nc(C(=O)OCC(=O)NCC2CCCCC2)ccc1=O. The molecule has 0 bridgehead atoms. The van der Waals surface area contributed by atoms with Crippen LogP contribution in [0, 0.1) is 5.92 Å². The zero-order valence-electron chi connectivity index (χ0n) is 14.1. The van der Waals surface area contributed by atoms with Crippen LogP contribution in [-0.4, -0.2) is 34.8 Å². The average molecular weight is 335 g/mol. The van der Waals surface area contributed by atoms with Crippen molar-refractivity contribution in [3.63, 3.8) is 0 Å². The molecule has 1 aromatic heterocycles. The first-order valence-corrected chi connectivity index (χ1v) is 8.62. The number of nitrogens with zero attached hydrogens (tertiary/aromatic N) is 2. The second-order valence-corrected chi connectivity index (χ2v) is 6.16. The quantitative estimate of drug-likeness (QED) is 0.763. The number of esters is 1. The van der Waals surface area contributed by atoms with Crippen LogP contribution in [0.5, 0.6) is 0 Å². The molecular weight excluding hydrogens is 310 g/mol. The Kier molecular flexibility index (Phi) is 6.96. The number of rotatable bonds is 7. The molecule has 0 aromatic carbocycles. The van der Waals surface area contributed by atoms with Crippen molar-refractivity contribution in [1.29, 1.82) is 0 Å². The van der Waals surface area contributed by atoms with Crippen LogP contribution < -0.4 is 10.9 Å². The second-order valence-electron chi connectivity index (χ2n) is 6.16. The van der Waals surface area contributed by atoms with E-state index < -0.39 is 5.97 Å². The second kappa shape index (κ2) is 9.20. The highest BCUT2D eigenvalue weighted by Gasteiger charge is 2.16. The third-order valence-corrected chi connectivity index (χ3v) is 4.16. The fourth-order valence-electron chi connectivity index (χ4n) is 2.84. The minimum atomic E-state index is -0.701. The number of aryl methyl sites for hydroxylation is 1. The van der Waals surface area contributed by atoms with Crippen molar-refractivity contribution in [2.75, 3.05) is 13.2 Å². The van der Waals surface area contributed by atoms with Gasteiger partial charge in [-0.15, -0.1) is 0 Å². The summed E-state index contributed by atoms with van der Waals surface area (Å²) in [5.74, 6) is -0.485. The van der Waals surface area contributed by atoms with E-state index in [2.05, 4.69) is 10.4 Å². The number of hydrogen-bond acceptors (Lipinski definition) is 5. The maximum absolute atomic E-state index is 11.9. The van der Waals surface area contributed by atoms with Gasteiger partial charge in [0.25, 0.3) is 11.5 Å². The minimum Gasteiger partial charge on any atom is -0.451 e. The van der Waals surface area contributed by atoms with E-state index in [0.717, 1.165) is 19.3 Å². The monoisotopic (exact) mass is 335 g/mol. The molecule has 132 valence electrons. The third kappa shape index (κ3) is 5.47. The molecule has 0 radical (unpaired) electrons. The topological polar surface area (TPSA) is 90.3 Å². The van der Waals surface area contributed by atoms with Crippen LogP contribution in [-0.2, 0) is 16.1 Å². The first kappa shape index (κ1) is 18.2. The molecule has 1 N–H and O–H groups in total. The Labute approximate surface area is 141 Å². The van der Waals surface area contributed by atoms with E-state index in [0.29, 0.717) is 19.0 Å². The number of hydrogen-bond donors (Lipinski definition) is 1. The van der Waals surface area contributed by atoms with E-state index >= 15 is 0 Å². The van der Waals surface area contributed by atoms with Gasteiger partial charge in [-0.05, 0) is 31.2 Å². The summed E-state index contributed by atoms with van der Waals surface area (Å²) in [5.41, 5.74) is -0.234. The van der Waals surface area contributed by atoms with Gasteiger partial charge in [0.1, 0.15) is 0 Å². The fraction of sp³-hybridized carbons (Fsp3) is 0.647. The van der Waals surface area contributed by atoms with Crippen molar-refractivity contribution >= 4 is 11.9 Å². The molecule has 0 spiro atoms. The Hall–Kier alpha value is -2.18. The van der Waals surface area contributed by atoms with Gasteiger partial charge in [0.05, 0.1) is 0 Å². The van der Waals surface area contributed by atoms with Gasteiger partial charge in [-0.2, -0.15) is 5.10 Å². The summed E-state index contributed by atoms with van der Waals surface area (Å²) in [6.07, 6.45) is 6.72. The van der Waals surface area contributed by atoms with Gasteiger partial charge in [0, 0.05) is 19.2 Å². The average Bonchev–Trinajstić information content (AvgIpc) is 2.61. The molecule has 0 aliphatic heterocycles. The molecule has 0 atom stereocenters. The summed E-state index contributed by atoms with van der Waals surface area (Å²) in [5, 5.41) is 6.77. The molecule has 1 amide bonds. The fourth-order valence-corrected chi connectivity index (χ4v) is 2.84. The lowest BCUT2D eigenvalue weighted by molar-refractivity contribution is -0.124. The Morgan fingerprint density at radius 2 is 2.04 bits per heavy atom. The molecule has 24 heavy (non-hydrogen) atoms. The van der Waals surface area contributed by atoms with Gasteiger partial charge in [-0.3, -0.25) is 9.59 Å². The van der Waals surface area contributed by atoms with E-state index in [4.69, 9.17) is 4.74 Å². The predicted octanol–water partition coefficient (Wildman–Crippen LogP) is 1.51. The molecule has 1 aliphatic carbocycles. The van der Waals surface area contributed by atoms with Crippen LogP contribution in [0.15, 0.2) is 16.9 Å². The first-order chi connectivity index (χ1) is 11.6. The number of carbonyl (C=O) groups is 2. The van der Waals surface area contributed by atoms with Gasteiger partial charge >= 0.3 is 5.97 Å². The Bertz CT molecular complexity index is 621. The molecule has 7 heteroatoms. The van der Waals surface area contributed by atoms with E-state index in [9.17, 15) is 14.4 Å². The molecule has 1 heterocycles. The highest BCUT2D eigenvalue weighted by Crippen LogP contribution is 2.22. The molecule has 2 rings (SSSR count). The lowest BCUT2D eigenvalue weighted by Gasteiger charge is -2.21. The van der Waals surface area contributed by atoms with E-state index in [1.165, 1.54) is 36.1 Å². The molecule has 1 saturated carbocycles. The molecule has 1 fully saturated rings. The van der Waals surface area contributed by atoms with Crippen molar-refractivity contribution in [2.24, 2.45) is 5.92 Å². The first-order valence-electron chi connectivity index (χ1n) is 8.62. The number of ether oxygens (including phenoxy) is 1. The van der Waals surface area contributed by atoms with Gasteiger partial charge in [0.2, 0.25) is 0 Å². The van der Waals surface area contributed by atoms with Crippen molar-refractivity contribution in [3.8, 4) is 0 Å². The number of amides is 1. The molecule has 1 aromatic rings. The molecule has 1 aliphatic rings. The smallest absolute Gasteiger partial charge is 0.359 e. The van der Waals surface area contributed by atoms with Crippen LogP contribution >= 0.6 is 0 Å². The molecule has 7 nitrogen and oxygen atoms in total. The summed E-state index contributed by atoms with van der Waals surface area (Å²) in [7, 11) is 0. The zero-order valence-corrected chi connectivity index (χ0v) is 14.1. The highest BCUT2D eigenvalue weighted by atomic mass is 16.5. The van der Waals surface area contributed by atoms with Gasteiger partial charge in [-0.1, -0.05) is 26.2 Å². The Morgan fingerprint density at radius 1 is 1.29 bits per heavy atom. The molecule has 0 unspecified atom stereocenters. The van der Waals surface area contributed by atoms with Crippen molar-refractivity contribution in [2.45, 2.75) is 52.0 Å². The summed E-state index contributed by atoms with van der Waals surface area (Å²) >= 11 is 0. The van der Waals surface area contributed by atoms with Gasteiger partial charge in [-0.25, -0.2) is 9.48 Å². The van der Waals surface area contributed by atoms with Crippen molar-refractivity contribution in [3.05, 3.63) is 28.2 Å². The van der Waals surface area contributed by atoms with Crippen LogP contribution in [0.2, 0.25) is 0 Å². The maximum Gasteiger partial charge on any atom is 0.359 e. The van der Waals surface area contributed by atoms with Gasteiger partial charge < -0.3 is 10.1 Å². The lowest BCUT2D eigenvalue weighted by atomic mass is 9.89. The zero-order chi connectivity index (χ0) is 17.4. The standard InChI is InChI=1S/C17H25N3O4/c1-2-10-20-16(22)9-8-14(19-20)17(23)24-12-15(21)18-11-13-6-4-3-5-7-13/h8-9,13H,2-7,10-12H2,1H3,(H,18,21). The third-order valence-electron chi connectivity index (χ3n) is 4.16. The summed E-state index contributed by atoms with van der Waals surface area (Å²) in [6, 6.07) is 2.60. The van der Waals surface area contributed by atoms with Crippen molar-refractivity contribution < 1.29 is 14.3 Å². The van der Waals surface area contributed by atoms with E-state index in [1.54, 1.807) is 0 Å². The molecule has 0 saturated heterocycles. The Morgan fingerprint density at radius 3 is 2.75 bits per heavy atom. The summed E-state index contributed by atoms with van der Waals surface area (Å²) in [4.78, 5) is 35.3. The van der Waals surface area contributed by atoms with Crippen LogP contribution in [0.3, 0.4) is 0 Å².